The van der Waals surface area contributed by atoms with Crippen molar-refractivity contribution in [3.05, 3.63) is 48.5 Å². The van der Waals surface area contributed by atoms with Gasteiger partial charge in [-0.2, -0.15) is 36.9 Å². The Morgan fingerprint density at radius 3 is 2.29 bits per heavy atom. The maximum atomic E-state index is 12.1. The molecule has 1 aromatic heterocycles. The van der Waals surface area contributed by atoms with Crippen molar-refractivity contribution in [2.24, 2.45) is 10.2 Å². The van der Waals surface area contributed by atoms with Crippen LogP contribution in [-0.2, 0) is 25.0 Å². The van der Waals surface area contributed by atoms with E-state index in [2.05, 4.69) is 41.1 Å². The molecule has 3 aromatic carbocycles. The van der Waals surface area contributed by atoms with Gasteiger partial charge in [-0.3, -0.25) is 13.9 Å². The number of aromatic nitrogens is 3. The molecule has 1 heterocycles. The van der Waals surface area contributed by atoms with Crippen molar-refractivity contribution in [2.75, 3.05) is 48.9 Å². The van der Waals surface area contributed by atoms with Gasteiger partial charge in [0.05, 0.1) is 11.4 Å². The largest absolute Gasteiger partial charge is 0.368 e. The second-order valence-electron chi connectivity index (χ2n) is 9.91. The molecule has 0 aliphatic heterocycles. The lowest BCUT2D eigenvalue weighted by atomic mass is 10.1. The van der Waals surface area contributed by atoms with Crippen LogP contribution >= 0.6 is 0 Å². The number of benzene rings is 3. The second kappa shape index (κ2) is 13.4. The Labute approximate surface area is 258 Å². The predicted octanol–water partition coefficient (Wildman–Crippen LogP) is 3.58. The number of anilines is 5. The zero-order chi connectivity index (χ0) is 32.9. The van der Waals surface area contributed by atoms with Crippen LogP contribution in [0.3, 0.4) is 0 Å². The molecule has 0 spiro atoms. The van der Waals surface area contributed by atoms with Crippen LogP contribution in [0.5, 0.6) is 0 Å². The number of azo groups is 1. The number of hydrogen-bond donors (Lipinski definition) is 6. The molecule has 1 amide bonds. The van der Waals surface area contributed by atoms with E-state index in [1.807, 2.05) is 19.0 Å². The lowest BCUT2D eigenvalue weighted by molar-refractivity contribution is -0.114. The Morgan fingerprint density at radius 1 is 0.911 bits per heavy atom. The molecule has 0 bridgehead atoms. The minimum absolute atomic E-state index is 0.0214. The molecule has 0 radical (unpaired) electrons. The molecule has 0 atom stereocenters. The van der Waals surface area contributed by atoms with Crippen LogP contribution in [0.15, 0.2) is 68.6 Å². The Hall–Kier alpha value is -4.82. The smallest absolute Gasteiger partial charge is 0.295 e. The summed E-state index contributed by atoms with van der Waals surface area (Å²) < 4.78 is 67.6. The quantitative estimate of drug-likeness (QED) is 0.0723. The fraction of sp³-hybridized carbons (Fsp3) is 0.231. The summed E-state index contributed by atoms with van der Waals surface area (Å²) in [5.74, 6) is -0.0568. The molecule has 4 aromatic rings. The van der Waals surface area contributed by atoms with Gasteiger partial charge in [-0.15, -0.1) is 5.11 Å². The first-order valence-electron chi connectivity index (χ1n) is 13.1. The predicted molar refractivity (Wildman–Crippen MR) is 168 cm³/mol. The number of nitrogen functional groups attached to an aromatic ring is 1. The highest BCUT2D eigenvalue weighted by Crippen LogP contribution is 2.35. The molecule has 0 saturated heterocycles. The number of fused-ring (bicyclic) bond motifs is 1. The summed E-state index contributed by atoms with van der Waals surface area (Å²) in [4.78, 5) is 25.2. The first-order chi connectivity index (χ1) is 21.1. The summed E-state index contributed by atoms with van der Waals surface area (Å²) in [7, 11) is -5.68. The van der Waals surface area contributed by atoms with Crippen molar-refractivity contribution >= 4 is 77.5 Å². The Morgan fingerprint density at radius 2 is 1.62 bits per heavy atom. The van der Waals surface area contributed by atoms with Gasteiger partial charge in [0.1, 0.15) is 15.5 Å². The summed E-state index contributed by atoms with van der Waals surface area (Å²) in [6, 6.07) is 10.3. The van der Waals surface area contributed by atoms with Gasteiger partial charge in [-0.1, -0.05) is 12.1 Å². The lowest BCUT2D eigenvalue weighted by Crippen LogP contribution is -2.17. The van der Waals surface area contributed by atoms with E-state index in [4.69, 9.17) is 5.73 Å². The van der Waals surface area contributed by atoms with Gasteiger partial charge in [0, 0.05) is 29.9 Å². The van der Waals surface area contributed by atoms with Crippen molar-refractivity contribution in [3.63, 3.8) is 0 Å². The number of nitrogens with zero attached hydrogens (tertiary/aromatic N) is 6. The standard InChI is InChI=1S/C26H30N10O7S2/c1-15(37)29-21-13-16(30-26-32-24(27)31-25(33-26)28-10-5-11-36(2)3)8-9-20(21)35-34-17-12-19-18(23(14-17)45(41,42)43)6-4-7-22(19)44(38,39)40/h4,6-9,12-14H,5,10-11H2,1-3H3,(H,29,37)(H,38,39,40)(H,41,42,43)(H4,27,28,30,31,32,33). The SMILES string of the molecule is CC(=O)Nc1cc(Nc2nc(N)nc(NCCCN(C)C)n2)ccc1N=Nc1cc(S(=O)(=O)O)c2cccc(S(=O)(=O)O)c2c1. The van der Waals surface area contributed by atoms with Crippen LogP contribution < -0.4 is 21.7 Å². The molecule has 0 aliphatic rings. The number of amides is 1. The fourth-order valence-electron chi connectivity index (χ4n) is 4.16. The number of carbonyl (C=O) groups excluding carboxylic acids is 1. The van der Waals surface area contributed by atoms with Gasteiger partial charge in [-0.25, -0.2) is 0 Å². The molecule has 0 saturated carbocycles. The normalized spacial score (nSPS) is 12.1. The molecule has 4 rings (SSSR count). The molecule has 0 aliphatic carbocycles. The number of carbonyl (C=O) groups is 1. The van der Waals surface area contributed by atoms with Gasteiger partial charge in [-0.05, 0) is 63.5 Å². The van der Waals surface area contributed by atoms with Crippen molar-refractivity contribution in [2.45, 2.75) is 23.1 Å². The molecule has 0 unspecified atom stereocenters. The molecular formula is C26H30N10O7S2. The first-order valence-corrected chi connectivity index (χ1v) is 16.0. The molecule has 238 valence electrons. The van der Waals surface area contributed by atoms with Gasteiger partial charge in [0.15, 0.2) is 0 Å². The van der Waals surface area contributed by atoms with Crippen molar-refractivity contribution in [1.29, 1.82) is 0 Å². The van der Waals surface area contributed by atoms with Crippen LogP contribution in [-0.4, -0.2) is 78.9 Å². The molecule has 0 fully saturated rings. The van der Waals surface area contributed by atoms with E-state index in [0.717, 1.165) is 25.1 Å². The maximum Gasteiger partial charge on any atom is 0.295 e. The fourth-order valence-corrected chi connectivity index (χ4v) is 5.58. The molecule has 45 heavy (non-hydrogen) atoms. The monoisotopic (exact) mass is 658 g/mol. The average Bonchev–Trinajstić information content (AvgIpc) is 2.92. The van der Waals surface area contributed by atoms with E-state index in [1.165, 1.54) is 37.3 Å². The van der Waals surface area contributed by atoms with E-state index in [9.17, 15) is 30.7 Å². The number of hydrogen-bond acceptors (Lipinski definition) is 14. The van der Waals surface area contributed by atoms with Crippen LogP contribution in [0, 0.1) is 0 Å². The van der Waals surface area contributed by atoms with E-state index < -0.39 is 35.9 Å². The lowest BCUT2D eigenvalue weighted by Gasteiger charge is -2.12. The molecule has 19 heteroatoms. The minimum Gasteiger partial charge on any atom is -0.368 e. The van der Waals surface area contributed by atoms with Crippen molar-refractivity contribution in [3.8, 4) is 0 Å². The van der Waals surface area contributed by atoms with E-state index >= 15 is 0 Å². The molecule has 7 N–H and O–H groups in total. The molecular weight excluding hydrogens is 628 g/mol. The van der Waals surface area contributed by atoms with Gasteiger partial charge < -0.3 is 26.6 Å². The van der Waals surface area contributed by atoms with E-state index in [0.29, 0.717) is 12.2 Å². The highest BCUT2D eigenvalue weighted by atomic mass is 32.2. The van der Waals surface area contributed by atoms with Gasteiger partial charge >= 0.3 is 0 Å². The summed E-state index contributed by atoms with van der Waals surface area (Å²) in [5.41, 5.74) is 6.43. The third-order valence-corrected chi connectivity index (χ3v) is 7.82. The summed E-state index contributed by atoms with van der Waals surface area (Å²) in [6.45, 7) is 2.75. The van der Waals surface area contributed by atoms with Crippen LogP contribution in [0.2, 0.25) is 0 Å². The van der Waals surface area contributed by atoms with Crippen molar-refractivity contribution < 1.29 is 30.7 Å². The third-order valence-electron chi connectivity index (χ3n) is 6.01. The highest BCUT2D eigenvalue weighted by molar-refractivity contribution is 7.86. The zero-order valence-corrected chi connectivity index (χ0v) is 25.9. The minimum atomic E-state index is -4.85. The third kappa shape index (κ3) is 8.86. The number of nitrogens with two attached hydrogens (primary N) is 1. The first kappa shape index (κ1) is 33.1. The number of nitrogens with one attached hydrogen (secondary N) is 3. The van der Waals surface area contributed by atoms with E-state index in [1.54, 1.807) is 6.07 Å². The number of rotatable bonds is 12. The van der Waals surface area contributed by atoms with Gasteiger partial charge in [0.2, 0.25) is 23.8 Å². The highest BCUT2D eigenvalue weighted by Gasteiger charge is 2.21. The van der Waals surface area contributed by atoms with Gasteiger partial charge in [0.25, 0.3) is 20.2 Å². The summed E-state index contributed by atoms with van der Waals surface area (Å²) in [6.07, 6.45) is 0.843. The van der Waals surface area contributed by atoms with Crippen LogP contribution in [0.4, 0.5) is 40.6 Å². The van der Waals surface area contributed by atoms with Crippen LogP contribution in [0.1, 0.15) is 13.3 Å². The second-order valence-corrected chi connectivity index (χ2v) is 12.7. The Kier molecular flexibility index (Phi) is 9.88. The maximum absolute atomic E-state index is 12.1. The summed E-state index contributed by atoms with van der Waals surface area (Å²) >= 11 is 0. The average molecular weight is 659 g/mol. The topological polar surface area (TPSA) is 255 Å². The zero-order valence-electron chi connectivity index (χ0n) is 24.3. The van der Waals surface area contributed by atoms with Crippen LogP contribution in [0.25, 0.3) is 10.8 Å². The van der Waals surface area contributed by atoms with Crippen molar-refractivity contribution in [1.82, 2.24) is 19.9 Å². The Bertz CT molecular complexity index is 2000. The van der Waals surface area contributed by atoms with E-state index in [-0.39, 0.29) is 45.7 Å². The summed E-state index contributed by atoms with van der Waals surface area (Å²) in [5, 5.41) is 16.4. The molecule has 17 nitrogen and oxygen atoms in total. The Balaban J connectivity index is 1.67.